The number of piperazine rings is 1. The number of thiazole rings is 1. The lowest BCUT2D eigenvalue weighted by Gasteiger charge is -2.34. The van der Waals surface area contributed by atoms with E-state index in [2.05, 4.69) is 4.98 Å². The lowest BCUT2D eigenvalue weighted by atomic mass is 10.2. The highest BCUT2D eigenvalue weighted by molar-refractivity contribution is 7.91. The van der Waals surface area contributed by atoms with Crippen LogP contribution in [0.15, 0.2) is 16.8 Å². The number of nitrogens with one attached hydrogen (secondary N) is 1. The lowest BCUT2D eigenvalue weighted by Crippen LogP contribution is -3.18. The van der Waals surface area contributed by atoms with Crippen LogP contribution >= 0.6 is 22.7 Å². The molecule has 2 aromatic heterocycles. The van der Waals surface area contributed by atoms with Crippen LogP contribution in [-0.4, -0.2) is 67.9 Å². The Bertz CT molecular complexity index is 897. The molecule has 6 nitrogen and oxygen atoms in total. The first-order valence-electron chi connectivity index (χ1n) is 8.77. The maximum Gasteiger partial charge on any atom is 0.266 e. The molecule has 2 aliphatic heterocycles. The Morgan fingerprint density at radius 2 is 2.12 bits per heavy atom. The van der Waals surface area contributed by atoms with Gasteiger partial charge >= 0.3 is 0 Å². The topological polar surface area (TPSA) is 71.8 Å². The van der Waals surface area contributed by atoms with Crippen molar-refractivity contribution >= 4 is 38.4 Å². The van der Waals surface area contributed by atoms with Crippen LogP contribution in [-0.2, 0) is 9.84 Å². The molecule has 2 aromatic rings. The molecule has 1 atom stereocenters. The van der Waals surface area contributed by atoms with Crippen molar-refractivity contribution in [3.8, 4) is 10.6 Å². The molecule has 0 bridgehead atoms. The van der Waals surface area contributed by atoms with E-state index in [1.54, 1.807) is 11.3 Å². The first kappa shape index (κ1) is 18.1. The van der Waals surface area contributed by atoms with E-state index < -0.39 is 9.84 Å². The van der Waals surface area contributed by atoms with Crippen LogP contribution in [0.1, 0.15) is 21.8 Å². The van der Waals surface area contributed by atoms with E-state index in [-0.39, 0.29) is 11.9 Å². The zero-order valence-corrected chi connectivity index (χ0v) is 17.1. The third kappa shape index (κ3) is 3.58. The summed E-state index contributed by atoms with van der Waals surface area (Å²) in [7, 11) is -2.85. The van der Waals surface area contributed by atoms with Crippen LogP contribution in [0, 0.1) is 6.92 Å². The molecule has 0 radical (unpaired) electrons. The summed E-state index contributed by atoms with van der Waals surface area (Å²) in [5, 5.41) is 4.95. The van der Waals surface area contributed by atoms with Gasteiger partial charge in [-0.15, -0.1) is 11.3 Å². The van der Waals surface area contributed by atoms with Gasteiger partial charge in [0.15, 0.2) is 9.84 Å². The smallest absolute Gasteiger partial charge is 0.266 e. The summed E-state index contributed by atoms with van der Waals surface area (Å²) < 4.78 is 23.4. The molecule has 140 valence electrons. The summed E-state index contributed by atoms with van der Waals surface area (Å²) in [4.78, 5) is 21.4. The number of amides is 1. The van der Waals surface area contributed by atoms with Crippen molar-refractivity contribution in [1.82, 2.24) is 9.88 Å². The molecule has 0 spiro atoms. The second kappa shape index (κ2) is 7.03. The molecule has 4 heterocycles. The normalized spacial score (nSPS) is 23.4. The Labute approximate surface area is 161 Å². The van der Waals surface area contributed by atoms with Gasteiger partial charge in [-0.1, -0.05) is 0 Å². The highest BCUT2D eigenvalue weighted by Crippen LogP contribution is 2.30. The minimum absolute atomic E-state index is 0.0552. The largest absolute Gasteiger partial charge is 0.329 e. The van der Waals surface area contributed by atoms with Gasteiger partial charge in [0.25, 0.3) is 5.91 Å². The minimum atomic E-state index is -2.85. The van der Waals surface area contributed by atoms with E-state index in [9.17, 15) is 13.2 Å². The average molecular weight is 413 g/mol. The second-order valence-electron chi connectivity index (χ2n) is 7.00. The number of aromatic nitrogens is 1. The monoisotopic (exact) mass is 412 g/mol. The molecule has 0 unspecified atom stereocenters. The van der Waals surface area contributed by atoms with Crippen molar-refractivity contribution in [1.29, 1.82) is 0 Å². The molecular formula is C17H22N3O3S3+. The van der Waals surface area contributed by atoms with Gasteiger partial charge in [-0.3, -0.25) is 4.79 Å². The molecular weight excluding hydrogens is 390 g/mol. The average Bonchev–Trinajstić information content (AvgIpc) is 3.34. The fraction of sp³-hybridized carbons (Fsp3) is 0.529. The molecule has 2 saturated heterocycles. The Morgan fingerprint density at radius 1 is 1.35 bits per heavy atom. The number of carbonyl (C=O) groups excluding carboxylic acids is 1. The van der Waals surface area contributed by atoms with Gasteiger partial charge in [-0.2, -0.15) is 11.3 Å². The third-order valence-corrected chi connectivity index (χ3v) is 8.91. The number of nitrogens with zero attached hydrogens (tertiary/aromatic N) is 2. The van der Waals surface area contributed by atoms with E-state index >= 15 is 0 Å². The van der Waals surface area contributed by atoms with Crippen molar-refractivity contribution in [2.75, 3.05) is 37.7 Å². The van der Waals surface area contributed by atoms with Crippen LogP contribution < -0.4 is 4.90 Å². The quantitative estimate of drug-likeness (QED) is 0.806. The Hall–Kier alpha value is -1.29. The predicted molar refractivity (Wildman–Crippen MR) is 104 cm³/mol. The Morgan fingerprint density at radius 3 is 2.73 bits per heavy atom. The number of thiophene rings is 1. The summed E-state index contributed by atoms with van der Waals surface area (Å²) >= 11 is 3.09. The molecule has 2 aliphatic rings. The summed E-state index contributed by atoms with van der Waals surface area (Å²) in [5.74, 6) is 0.670. The number of carbonyl (C=O) groups is 1. The van der Waals surface area contributed by atoms with Crippen molar-refractivity contribution in [3.05, 3.63) is 27.4 Å². The van der Waals surface area contributed by atoms with Crippen LogP contribution in [0.25, 0.3) is 10.6 Å². The second-order valence-corrected chi connectivity index (χ2v) is 11.0. The molecule has 4 rings (SSSR count). The number of hydrogen-bond donors (Lipinski definition) is 1. The standard InChI is InChI=1S/C17H21N3O3S3/c1-12-15(25-16(18-12)13-2-8-24-10-13)17(21)20-6-4-19(5-7-20)14-3-9-26(22,23)11-14/h2,8,10,14H,3-7,9,11H2,1H3/p+1/t14-/m1/s1. The predicted octanol–water partition coefficient (Wildman–Crippen LogP) is 0.708. The molecule has 1 amide bonds. The first-order chi connectivity index (χ1) is 12.4. The van der Waals surface area contributed by atoms with E-state index in [0.717, 1.165) is 40.7 Å². The highest BCUT2D eigenvalue weighted by Gasteiger charge is 2.37. The van der Waals surface area contributed by atoms with Crippen molar-refractivity contribution in [2.24, 2.45) is 0 Å². The van der Waals surface area contributed by atoms with Crippen LogP contribution in [0.4, 0.5) is 0 Å². The van der Waals surface area contributed by atoms with Crippen LogP contribution in [0.5, 0.6) is 0 Å². The van der Waals surface area contributed by atoms with E-state index in [1.807, 2.05) is 28.7 Å². The number of sulfone groups is 1. The zero-order chi connectivity index (χ0) is 18.3. The van der Waals surface area contributed by atoms with Gasteiger partial charge in [0.2, 0.25) is 0 Å². The fourth-order valence-corrected chi connectivity index (χ4v) is 7.34. The number of rotatable bonds is 3. The van der Waals surface area contributed by atoms with Gasteiger partial charge in [0.1, 0.15) is 21.7 Å². The molecule has 0 aromatic carbocycles. The molecule has 26 heavy (non-hydrogen) atoms. The third-order valence-electron chi connectivity index (χ3n) is 5.26. The van der Waals surface area contributed by atoms with Crippen molar-refractivity contribution in [3.63, 3.8) is 0 Å². The zero-order valence-electron chi connectivity index (χ0n) is 14.6. The van der Waals surface area contributed by atoms with Crippen molar-refractivity contribution in [2.45, 2.75) is 19.4 Å². The van der Waals surface area contributed by atoms with Gasteiger partial charge < -0.3 is 9.80 Å². The summed E-state index contributed by atoms with van der Waals surface area (Å²) in [6.07, 6.45) is 0.754. The number of hydrogen-bond acceptors (Lipinski definition) is 6. The minimum Gasteiger partial charge on any atom is -0.329 e. The molecule has 1 N–H and O–H groups in total. The Kier molecular flexibility index (Phi) is 4.89. The van der Waals surface area contributed by atoms with Gasteiger partial charge in [-0.25, -0.2) is 13.4 Å². The maximum atomic E-state index is 12.9. The molecule has 2 fully saturated rings. The van der Waals surface area contributed by atoms with E-state index in [0.29, 0.717) is 24.6 Å². The van der Waals surface area contributed by atoms with Gasteiger partial charge in [0.05, 0.1) is 37.6 Å². The maximum absolute atomic E-state index is 12.9. The van der Waals surface area contributed by atoms with Crippen LogP contribution in [0.3, 0.4) is 0 Å². The molecule has 9 heteroatoms. The number of aryl methyl sites for hydroxylation is 1. The van der Waals surface area contributed by atoms with Crippen molar-refractivity contribution < 1.29 is 18.1 Å². The Balaban J connectivity index is 1.41. The fourth-order valence-electron chi connectivity index (χ4n) is 3.77. The molecule has 0 saturated carbocycles. The first-order valence-corrected chi connectivity index (χ1v) is 12.4. The SMILES string of the molecule is Cc1nc(-c2ccsc2)sc1C(=O)N1CC[NH+]([C@@H]2CCS(=O)(=O)C2)CC1. The van der Waals surface area contributed by atoms with E-state index in [4.69, 9.17) is 0 Å². The van der Waals surface area contributed by atoms with E-state index in [1.165, 1.54) is 16.2 Å². The molecule has 0 aliphatic carbocycles. The van der Waals surface area contributed by atoms with Crippen LogP contribution in [0.2, 0.25) is 0 Å². The summed E-state index contributed by atoms with van der Waals surface area (Å²) in [6.45, 7) is 4.89. The lowest BCUT2D eigenvalue weighted by molar-refractivity contribution is -0.925. The number of quaternary nitrogens is 1. The van der Waals surface area contributed by atoms with Gasteiger partial charge in [-0.05, 0) is 18.4 Å². The highest BCUT2D eigenvalue weighted by atomic mass is 32.2. The van der Waals surface area contributed by atoms with Gasteiger partial charge in [0, 0.05) is 17.4 Å². The summed E-state index contributed by atoms with van der Waals surface area (Å²) in [5.41, 5.74) is 1.86. The summed E-state index contributed by atoms with van der Waals surface area (Å²) in [6, 6.07) is 2.22.